The molecule has 2 atom stereocenters. The summed E-state index contributed by atoms with van der Waals surface area (Å²) < 4.78 is 52.3. The number of alkyl halides is 3. The first-order valence-electron chi connectivity index (χ1n) is 13.9. The van der Waals surface area contributed by atoms with Crippen LogP contribution in [0.2, 0.25) is 0 Å². The fourth-order valence-electron chi connectivity index (χ4n) is 4.95. The summed E-state index contributed by atoms with van der Waals surface area (Å²) in [4.78, 5) is 20.1. The van der Waals surface area contributed by atoms with Gasteiger partial charge in [0.05, 0.1) is 5.52 Å². The van der Waals surface area contributed by atoms with Crippen LogP contribution in [-0.4, -0.2) is 58.4 Å². The van der Waals surface area contributed by atoms with E-state index in [1.165, 1.54) is 0 Å². The molecule has 0 amide bonds. The number of carbonyl (C=O) groups excluding carboxylic acids is 1. The van der Waals surface area contributed by atoms with Crippen molar-refractivity contribution in [2.45, 2.75) is 51.2 Å². The SMILES string of the molecule is CC(C)(C)OC=O.CN1CCC(O)(c2ccc3ncc(-c4cccnc4OCc4ccccc4)cc3c2)C(C(F)(F)F)C1. The third-order valence-corrected chi connectivity index (χ3v) is 7.22. The number of halogens is 3. The number of pyridine rings is 2. The van der Waals surface area contributed by atoms with Crippen LogP contribution in [0.15, 0.2) is 79.1 Å². The van der Waals surface area contributed by atoms with E-state index in [0.29, 0.717) is 36.4 Å². The van der Waals surface area contributed by atoms with Crippen molar-refractivity contribution in [3.05, 3.63) is 90.3 Å². The smallest absolute Gasteiger partial charge is 0.396 e. The van der Waals surface area contributed by atoms with E-state index in [-0.39, 0.29) is 24.1 Å². The van der Waals surface area contributed by atoms with Gasteiger partial charge in [-0.05, 0) is 75.7 Å². The second kappa shape index (κ2) is 13.1. The van der Waals surface area contributed by atoms with Crippen LogP contribution in [0.3, 0.4) is 0 Å². The van der Waals surface area contributed by atoms with E-state index in [2.05, 4.69) is 14.7 Å². The number of fused-ring (bicyclic) bond motifs is 1. The summed E-state index contributed by atoms with van der Waals surface area (Å²) in [6.07, 6.45) is -1.20. The fourth-order valence-corrected chi connectivity index (χ4v) is 4.95. The molecule has 0 bridgehead atoms. The van der Waals surface area contributed by atoms with Crippen LogP contribution in [0, 0.1) is 5.92 Å². The Kier molecular flexibility index (Phi) is 9.72. The van der Waals surface area contributed by atoms with Crippen molar-refractivity contribution in [1.82, 2.24) is 14.9 Å². The van der Waals surface area contributed by atoms with Crippen LogP contribution in [0.5, 0.6) is 5.88 Å². The van der Waals surface area contributed by atoms with Gasteiger partial charge in [-0.1, -0.05) is 36.4 Å². The van der Waals surface area contributed by atoms with E-state index in [4.69, 9.17) is 4.74 Å². The van der Waals surface area contributed by atoms with Gasteiger partial charge in [-0.2, -0.15) is 13.2 Å². The van der Waals surface area contributed by atoms with Crippen molar-refractivity contribution >= 4 is 17.4 Å². The quantitative estimate of drug-likeness (QED) is 0.254. The predicted molar refractivity (Wildman–Crippen MR) is 158 cm³/mol. The van der Waals surface area contributed by atoms with Gasteiger partial charge in [-0.25, -0.2) is 4.98 Å². The zero-order valence-electron chi connectivity index (χ0n) is 24.6. The Morgan fingerprint density at radius 2 is 1.79 bits per heavy atom. The molecular formula is C33H36F3N3O4. The summed E-state index contributed by atoms with van der Waals surface area (Å²) in [5.41, 5.74) is 0.989. The number of nitrogens with zero attached hydrogens (tertiary/aromatic N) is 3. The molecule has 2 unspecified atom stereocenters. The average Bonchev–Trinajstić information content (AvgIpc) is 2.97. The minimum atomic E-state index is -4.53. The zero-order chi connectivity index (χ0) is 31.3. The van der Waals surface area contributed by atoms with E-state index in [1.807, 2.05) is 63.2 Å². The predicted octanol–water partition coefficient (Wildman–Crippen LogP) is 6.54. The molecule has 3 heterocycles. The molecule has 0 radical (unpaired) electrons. The number of ether oxygens (including phenoxy) is 2. The second-order valence-electron chi connectivity index (χ2n) is 11.6. The number of aromatic nitrogens is 2. The maximum atomic E-state index is 13.9. The summed E-state index contributed by atoms with van der Waals surface area (Å²) in [6, 6.07) is 20.1. The standard InChI is InChI=1S/C28H26F3N3O2.C5H10O2/c1-34-13-11-27(35,25(17-34)28(29,30)31)22-9-10-24-20(15-22)14-21(16-33-24)23-8-5-12-32-26(23)36-18-19-6-3-2-4-7-19;1-5(2,3)7-4-6/h2-10,12,14-16,25,35H,11,13,17-18H2,1H3;4H,1-3H3. The van der Waals surface area contributed by atoms with Crippen molar-refractivity contribution in [3.8, 4) is 17.0 Å². The Hall–Kier alpha value is -4.02. The van der Waals surface area contributed by atoms with E-state index in [0.717, 1.165) is 16.7 Å². The normalized spacial score (nSPS) is 19.3. The molecular weight excluding hydrogens is 559 g/mol. The second-order valence-corrected chi connectivity index (χ2v) is 11.6. The molecule has 0 spiro atoms. The van der Waals surface area contributed by atoms with Gasteiger partial charge in [0.15, 0.2) is 0 Å². The summed E-state index contributed by atoms with van der Waals surface area (Å²) in [6.45, 7) is 6.38. The molecule has 1 fully saturated rings. The van der Waals surface area contributed by atoms with Gasteiger partial charge >= 0.3 is 6.18 Å². The molecule has 10 heteroatoms. The first-order valence-corrected chi connectivity index (χ1v) is 13.9. The van der Waals surface area contributed by atoms with Gasteiger partial charge in [0.1, 0.15) is 23.7 Å². The van der Waals surface area contributed by atoms with E-state index in [9.17, 15) is 23.1 Å². The number of carbonyl (C=O) groups is 1. The molecule has 1 saturated heterocycles. The van der Waals surface area contributed by atoms with Crippen molar-refractivity contribution in [3.63, 3.8) is 0 Å². The van der Waals surface area contributed by atoms with E-state index in [1.54, 1.807) is 48.6 Å². The van der Waals surface area contributed by atoms with Crippen LogP contribution in [0.25, 0.3) is 22.0 Å². The molecule has 2 aromatic heterocycles. The monoisotopic (exact) mass is 595 g/mol. The maximum Gasteiger partial charge on any atom is 0.396 e. The Balaban J connectivity index is 0.000000541. The number of hydrogen-bond donors (Lipinski definition) is 1. The lowest BCUT2D eigenvalue weighted by Gasteiger charge is -2.44. The molecule has 1 aliphatic heterocycles. The maximum absolute atomic E-state index is 13.9. The van der Waals surface area contributed by atoms with Crippen LogP contribution < -0.4 is 4.74 Å². The molecule has 7 nitrogen and oxygen atoms in total. The Labute approximate surface area is 249 Å². The highest BCUT2D eigenvalue weighted by Crippen LogP contribution is 2.46. The number of rotatable bonds is 6. The van der Waals surface area contributed by atoms with Gasteiger partial charge in [-0.3, -0.25) is 9.78 Å². The number of piperidine rings is 1. The Bertz CT molecular complexity index is 1530. The minimum absolute atomic E-state index is 0.00756. The molecule has 2 aromatic carbocycles. The fraction of sp³-hybridized carbons (Fsp3) is 0.364. The average molecular weight is 596 g/mol. The largest absolute Gasteiger partial charge is 0.472 e. The van der Waals surface area contributed by atoms with Crippen molar-refractivity contribution in [1.29, 1.82) is 0 Å². The van der Waals surface area contributed by atoms with Crippen molar-refractivity contribution < 1.29 is 32.5 Å². The third kappa shape index (κ3) is 8.09. The van der Waals surface area contributed by atoms with Gasteiger partial charge in [0.2, 0.25) is 5.88 Å². The van der Waals surface area contributed by atoms with Gasteiger partial charge in [0.25, 0.3) is 6.47 Å². The van der Waals surface area contributed by atoms with Crippen LogP contribution in [0.4, 0.5) is 13.2 Å². The molecule has 1 N–H and O–H groups in total. The molecule has 0 aliphatic carbocycles. The minimum Gasteiger partial charge on any atom is -0.472 e. The summed E-state index contributed by atoms with van der Waals surface area (Å²) in [7, 11) is 1.64. The van der Waals surface area contributed by atoms with Gasteiger partial charge in [0, 0.05) is 42.0 Å². The Morgan fingerprint density at radius 3 is 2.44 bits per heavy atom. The van der Waals surface area contributed by atoms with Crippen LogP contribution in [0.1, 0.15) is 38.3 Å². The topological polar surface area (TPSA) is 84.8 Å². The van der Waals surface area contributed by atoms with E-state index < -0.39 is 17.7 Å². The van der Waals surface area contributed by atoms with Crippen LogP contribution >= 0.6 is 0 Å². The van der Waals surface area contributed by atoms with Gasteiger partial charge < -0.3 is 19.5 Å². The molecule has 4 aromatic rings. The molecule has 228 valence electrons. The number of aliphatic hydroxyl groups is 1. The third-order valence-electron chi connectivity index (χ3n) is 7.22. The lowest BCUT2D eigenvalue weighted by atomic mass is 9.75. The summed E-state index contributed by atoms with van der Waals surface area (Å²) in [5.74, 6) is -1.45. The summed E-state index contributed by atoms with van der Waals surface area (Å²) in [5, 5.41) is 12.0. The number of likely N-dealkylation sites (tertiary alicyclic amines) is 1. The van der Waals surface area contributed by atoms with Gasteiger partial charge in [-0.15, -0.1) is 0 Å². The Morgan fingerprint density at radius 1 is 1.05 bits per heavy atom. The lowest BCUT2D eigenvalue weighted by molar-refractivity contribution is -0.246. The first-order chi connectivity index (χ1) is 20.3. The summed E-state index contributed by atoms with van der Waals surface area (Å²) >= 11 is 0. The highest BCUT2D eigenvalue weighted by atomic mass is 19.4. The van der Waals surface area contributed by atoms with Crippen molar-refractivity contribution in [2.75, 3.05) is 20.1 Å². The lowest BCUT2D eigenvalue weighted by Crippen LogP contribution is -2.54. The number of benzene rings is 2. The first kappa shape index (κ1) is 31.9. The van der Waals surface area contributed by atoms with Crippen molar-refractivity contribution in [2.24, 2.45) is 5.92 Å². The van der Waals surface area contributed by atoms with Crippen LogP contribution in [-0.2, 0) is 21.7 Å². The number of hydrogen-bond acceptors (Lipinski definition) is 7. The highest BCUT2D eigenvalue weighted by molar-refractivity contribution is 5.85. The molecule has 5 rings (SSSR count). The highest BCUT2D eigenvalue weighted by Gasteiger charge is 2.55. The zero-order valence-corrected chi connectivity index (χ0v) is 24.6. The molecule has 43 heavy (non-hydrogen) atoms. The molecule has 1 aliphatic rings. The van der Waals surface area contributed by atoms with E-state index >= 15 is 0 Å². The molecule has 0 saturated carbocycles.